The predicted octanol–water partition coefficient (Wildman–Crippen LogP) is 0.848. The van der Waals surface area contributed by atoms with Gasteiger partial charge in [0.1, 0.15) is 0 Å². The van der Waals surface area contributed by atoms with E-state index in [0.717, 1.165) is 38.8 Å². The molecule has 1 spiro atoms. The van der Waals surface area contributed by atoms with Crippen LogP contribution in [0.1, 0.15) is 32.1 Å². The van der Waals surface area contributed by atoms with Crippen LogP contribution in [0.3, 0.4) is 0 Å². The van der Waals surface area contributed by atoms with Gasteiger partial charge in [0.05, 0.1) is 32.3 Å². The summed E-state index contributed by atoms with van der Waals surface area (Å²) in [6.45, 7) is 3.68. The molecule has 1 N–H and O–H groups in total. The van der Waals surface area contributed by atoms with E-state index in [1.807, 2.05) is 0 Å². The van der Waals surface area contributed by atoms with E-state index in [2.05, 4.69) is 4.90 Å². The number of rotatable bonds is 3. The van der Waals surface area contributed by atoms with Crippen molar-refractivity contribution in [1.29, 1.82) is 0 Å². The molecule has 1 unspecified atom stereocenters. The highest BCUT2D eigenvalue weighted by atomic mass is 16.7. The van der Waals surface area contributed by atoms with Gasteiger partial charge < -0.3 is 19.3 Å². The van der Waals surface area contributed by atoms with Gasteiger partial charge in [-0.3, -0.25) is 9.69 Å². The monoisotopic (exact) mass is 285 g/mol. The van der Waals surface area contributed by atoms with Gasteiger partial charge in [-0.25, -0.2) is 0 Å². The van der Waals surface area contributed by atoms with Crippen LogP contribution in [-0.4, -0.2) is 66.8 Å². The van der Waals surface area contributed by atoms with Crippen molar-refractivity contribution in [1.82, 2.24) is 4.90 Å². The standard InChI is InChI=1S/C14H23NO5/c16-13(17)9-12-10-15(5-6-18-12)11-1-3-14(4-2-11)19-7-8-20-14/h11-12H,1-10H2,(H,16,17). The first kappa shape index (κ1) is 14.3. The van der Waals surface area contributed by atoms with Gasteiger partial charge in [0.25, 0.3) is 0 Å². The molecule has 0 aromatic rings. The van der Waals surface area contributed by atoms with Gasteiger partial charge in [0.15, 0.2) is 5.79 Å². The largest absolute Gasteiger partial charge is 0.481 e. The first-order valence-electron chi connectivity index (χ1n) is 7.52. The molecule has 0 amide bonds. The van der Waals surface area contributed by atoms with Crippen molar-refractivity contribution >= 4 is 5.97 Å². The SMILES string of the molecule is O=C(O)CC1CN(C2CCC3(CC2)OCCO3)CCO1. The Hall–Kier alpha value is -0.690. The highest BCUT2D eigenvalue weighted by molar-refractivity contribution is 5.67. The maximum atomic E-state index is 10.8. The molecule has 0 aromatic heterocycles. The number of hydrogen-bond donors (Lipinski definition) is 1. The summed E-state index contributed by atoms with van der Waals surface area (Å²) in [5.41, 5.74) is 0. The van der Waals surface area contributed by atoms with E-state index < -0.39 is 5.97 Å². The second kappa shape index (κ2) is 5.97. The molecule has 0 bridgehead atoms. The minimum atomic E-state index is -0.785. The third kappa shape index (κ3) is 3.14. The molecule has 0 radical (unpaired) electrons. The summed E-state index contributed by atoms with van der Waals surface area (Å²) in [7, 11) is 0. The Bertz CT molecular complexity index is 345. The van der Waals surface area contributed by atoms with Gasteiger partial charge in [-0.15, -0.1) is 0 Å². The maximum absolute atomic E-state index is 10.8. The molecule has 20 heavy (non-hydrogen) atoms. The fourth-order valence-electron chi connectivity index (χ4n) is 3.59. The first-order chi connectivity index (χ1) is 9.67. The molecule has 0 aromatic carbocycles. The van der Waals surface area contributed by atoms with Gasteiger partial charge in [0, 0.05) is 32.0 Å². The fraction of sp³-hybridized carbons (Fsp3) is 0.929. The van der Waals surface area contributed by atoms with Crippen LogP contribution < -0.4 is 0 Å². The van der Waals surface area contributed by atoms with Crippen LogP contribution in [0.25, 0.3) is 0 Å². The van der Waals surface area contributed by atoms with Crippen LogP contribution in [0.5, 0.6) is 0 Å². The Morgan fingerprint density at radius 1 is 1.20 bits per heavy atom. The molecular formula is C14H23NO5. The minimum absolute atomic E-state index is 0.0966. The predicted molar refractivity (Wildman–Crippen MR) is 70.5 cm³/mol. The van der Waals surface area contributed by atoms with Crippen molar-refractivity contribution in [3.8, 4) is 0 Å². The lowest BCUT2D eigenvalue weighted by molar-refractivity contribution is -0.186. The van der Waals surface area contributed by atoms with Crippen molar-refractivity contribution in [2.75, 3.05) is 32.9 Å². The van der Waals surface area contributed by atoms with Crippen LogP contribution in [0.4, 0.5) is 0 Å². The molecule has 6 heteroatoms. The molecule has 2 saturated heterocycles. The molecule has 6 nitrogen and oxygen atoms in total. The van der Waals surface area contributed by atoms with Crippen LogP contribution >= 0.6 is 0 Å². The summed E-state index contributed by atoms with van der Waals surface area (Å²) in [6, 6.07) is 0.508. The third-order valence-corrected chi connectivity index (χ3v) is 4.62. The van der Waals surface area contributed by atoms with Crippen LogP contribution in [0, 0.1) is 0 Å². The Balaban J connectivity index is 1.51. The first-order valence-corrected chi connectivity index (χ1v) is 7.52. The molecular weight excluding hydrogens is 262 g/mol. The lowest BCUT2D eigenvalue weighted by Gasteiger charge is -2.43. The van der Waals surface area contributed by atoms with Crippen molar-refractivity contribution in [3.63, 3.8) is 0 Å². The lowest BCUT2D eigenvalue weighted by atomic mass is 9.88. The Kier molecular flexibility index (Phi) is 4.26. The molecule has 3 rings (SSSR count). The summed E-state index contributed by atoms with van der Waals surface area (Å²) < 4.78 is 17.0. The van der Waals surface area contributed by atoms with Crippen molar-refractivity contribution < 1.29 is 24.1 Å². The van der Waals surface area contributed by atoms with E-state index in [-0.39, 0.29) is 18.3 Å². The molecule has 2 heterocycles. The van der Waals surface area contributed by atoms with E-state index in [9.17, 15) is 4.79 Å². The molecule has 3 fully saturated rings. The number of morpholine rings is 1. The third-order valence-electron chi connectivity index (χ3n) is 4.62. The number of carboxylic acid groups (broad SMARTS) is 1. The quantitative estimate of drug-likeness (QED) is 0.829. The van der Waals surface area contributed by atoms with E-state index in [1.54, 1.807) is 0 Å². The zero-order valence-electron chi connectivity index (χ0n) is 11.8. The zero-order valence-corrected chi connectivity index (χ0v) is 11.8. The Morgan fingerprint density at radius 3 is 2.55 bits per heavy atom. The molecule has 1 saturated carbocycles. The molecule has 1 atom stereocenters. The minimum Gasteiger partial charge on any atom is -0.481 e. The molecule has 2 aliphatic heterocycles. The summed E-state index contributed by atoms with van der Waals surface area (Å²) in [6.07, 6.45) is 3.92. The zero-order chi connectivity index (χ0) is 14.0. The second-order valence-electron chi connectivity index (χ2n) is 5.92. The topological polar surface area (TPSA) is 68.2 Å². The van der Waals surface area contributed by atoms with E-state index in [1.165, 1.54) is 0 Å². The van der Waals surface area contributed by atoms with E-state index in [0.29, 0.717) is 25.9 Å². The lowest BCUT2D eigenvalue weighted by Crippen LogP contribution is -2.51. The number of carbonyl (C=O) groups is 1. The summed E-state index contributed by atoms with van der Waals surface area (Å²) in [4.78, 5) is 13.2. The Labute approximate surface area is 119 Å². The molecule has 1 aliphatic carbocycles. The molecule has 3 aliphatic rings. The van der Waals surface area contributed by atoms with Gasteiger partial charge in [0.2, 0.25) is 0 Å². The normalized spacial score (nSPS) is 31.7. The average Bonchev–Trinajstić information content (AvgIpc) is 2.87. The number of ether oxygens (including phenoxy) is 3. The highest BCUT2D eigenvalue weighted by Crippen LogP contribution is 2.37. The van der Waals surface area contributed by atoms with Crippen LogP contribution in [-0.2, 0) is 19.0 Å². The van der Waals surface area contributed by atoms with Crippen molar-refractivity contribution in [2.24, 2.45) is 0 Å². The number of nitrogens with zero attached hydrogens (tertiary/aromatic N) is 1. The number of aliphatic carboxylic acids is 1. The second-order valence-corrected chi connectivity index (χ2v) is 5.92. The Morgan fingerprint density at radius 2 is 1.90 bits per heavy atom. The van der Waals surface area contributed by atoms with E-state index in [4.69, 9.17) is 19.3 Å². The average molecular weight is 285 g/mol. The highest BCUT2D eigenvalue weighted by Gasteiger charge is 2.42. The van der Waals surface area contributed by atoms with Gasteiger partial charge in [-0.1, -0.05) is 0 Å². The summed E-state index contributed by atoms with van der Waals surface area (Å²) >= 11 is 0. The van der Waals surface area contributed by atoms with Gasteiger partial charge >= 0.3 is 5.97 Å². The summed E-state index contributed by atoms with van der Waals surface area (Å²) in [5, 5.41) is 8.87. The fourth-order valence-corrected chi connectivity index (χ4v) is 3.59. The molecule has 114 valence electrons. The van der Waals surface area contributed by atoms with E-state index >= 15 is 0 Å². The summed E-state index contributed by atoms with van der Waals surface area (Å²) in [5.74, 6) is -1.10. The van der Waals surface area contributed by atoms with Gasteiger partial charge in [-0.2, -0.15) is 0 Å². The van der Waals surface area contributed by atoms with Gasteiger partial charge in [-0.05, 0) is 12.8 Å². The number of carboxylic acids is 1. The van der Waals surface area contributed by atoms with Crippen LogP contribution in [0.15, 0.2) is 0 Å². The van der Waals surface area contributed by atoms with Crippen LogP contribution in [0.2, 0.25) is 0 Å². The van der Waals surface area contributed by atoms with Crippen molar-refractivity contribution in [2.45, 2.75) is 50.0 Å². The van der Waals surface area contributed by atoms with Crippen molar-refractivity contribution in [3.05, 3.63) is 0 Å². The number of hydrogen-bond acceptors (Lipinski definition) is 5. The maximum Gasteiger partial charge on any atom is 0.306 e. The smallest absolute Gasteiger partial charge is 0.306 e.